The van der Waals surface area contributed by atoms with Gasteiger partial charge in [0.1, 0.15) is 6.04 Å². The van der Waals surface area contributed by atoms with E-state index in [9.17, 15) is 4.79 Å². The summed E-state index contributed by atoms with van der Waals surface area (Å²) in [6.45, 7) is 2.05. The van der Waals surface area contributed by atoms with Crippen LogP contribution < -0.4 is 11.5 Å². The van der Waals surface area contributed by atoms with Crippen molar-refractivity contribution in [2.24, 2.45) is 11.5 Å². The topological polar surface area (TPSA) is 78.3 Å². The minimum absolute atomic E-state index is 0.314. The van der Waals surface area contributed by atoms with Gasteiger partial charge in [0.05, 0.1) is 12.6 Å². The van der Waals surface area contributed by atoms with Crippen molar-refractivity contribution in [1.29, 1.82) is 0 Å². The lowest BCUT2D eigenvalue weighted by Crippen LogP contribution is -2.42. The van der Waals surface area contributed by atoms with Crippen LogP contribution in [-0.4, -0.2) is 18.6 Å². The van der Waals surface area contributed by atoms with Gasteiger partial charge < -0.3 is 16.2 Å². The summed E-state index contributed by atoms with van der Waals surface area (Å²) < 4.78 is 4.80. The quantitative estimate of drug-likeness (QED) is 0.709. The normalized spacial score (nSPS) is 14.3. The third-order valence-electron chi connectivity index (χ3n) is 2.13. The molecule has 4 nitrogen and oxygen atoms in total. The third-order valence-corrected chi connectivity index (χ3v) is 2.13. The zero-order chi connectivity index (χ0) is 11.3. The molecule has 0 spiro atoms. The Labute approximate surface area is 89.2 Å². The molecule has 0 saturated heterocycles. The molecule has 4 N–H and O–H groups in total. The van der Waals surface area contributed by atoms with E-state index in [1.807, 2.05) is 30.3 Å². The molecule has 0 radical (unpaired) electrons. The number of benzene rings is 1. The van der Waals surface area contributed by atoms with Crippen LogP contribution in [-0.2, 0) is 9.53 Å². The van der Waals surface area contributed by atoms with Gasteiger partial charge in [0.25, 0.3) is 0 Å². The van der Waals surface area contributed by atoms with Crippen molar-refractivity contribution < 1.29 is 9.53 Å². The highest BCUT2D eigenvalue weighted by Crippen LogP contribution is 2.13. The van der Waals surface area contributed by atoms with E-state index in [0.29, 0.717) is 6.61 Å². The highest BCUT2D eigenvalue weighted by atomic mass is 16.5. The van der Waals surface area contributed by atoms with Crippen LogP contribution in [0.1, 0.15) is 18.5 Å². The second-order valence-corrected chi connectivity index (χ2v) is 3.21. The fourth-order valence-electron chi connectivity index (χ4n) is 1.27. The number of carbonyl (C=O) groups excluding carboxylic acids is 1. The Morgan fingerprint density at radius 1 is 1.33 bits per heavy atom. The molecule has 0 fully saturated rings. The van der Waals surface area contributed by atoms with Crippen molar-refractivity contribution in [3.05, 3.63) is 35.9 Å². The van der Waals surface area contributed by atoms with Crippen LogP contribution in [0.25, 0.3) is 0 Å². The lowest BCUT2D eigenvalue weighted by Gasteiger charge is -2.18. The molecule has 1 aromatic carbocycles. The summed E-state index contributed by atoms with van der Waals surface area (Å²) >= 11 is 0. The minimum atomic E-state index is -0.813. The molecule has 0 bridgehead atoms. The molecule has 2 atom stereocenters. The Kier molecular flexibility index (Phi) is 4.27. The summed E-state index contributed by atoms with van der Waals surface area (Å²) in [4.78, 5) is 11.3. The first-order valence-electron chi connectivity index (χ1n) is 4.89. The number of hydrogen-bond donors (Lipinski definition) is 2. The maximum Gasteiger partial charge on any atom is 0.324 e. The van der Waals surface area contributed by atoms with E-state index in [1.165, 1.54) is 0 Å². The van der Waals surface area contributed by atoms with Crippen LogP contribution in [0.15, 0.2) is 30.3 Å². The number of esters is 1. The monoisotopic (exact) mass is 208 g/mol. The maximum atomic E-state index is 11.3. The summed E-state index contributed by atoms with van der Waals surface area (Å²) in [5, 5.41) is 0. The molecular formula is C11H16N2O2. The van der Waals surface area contributed by atoms with Crippen molar-refractivity contribution >= 4 is 5.97 Å². The van der Waals surface area contributed by atoms with Gasteiger partial charge in [-0.2, -0.15) is 0 Å². The molecule has 0 amide bonds. The van der Waals surface area contributed by atoms with Gasteiger partial charge in [-0.3, -0.25) is 4.79 Å². The van der Waals surface area contributed by atoms with E-state index in [-0.39, 0.29) is 0 Å². The SMILES string of the molecule is CCOC(=O)C(N)C(N)c1ccccc1. The Morgan fingerprint density at radius 3 is 2.47 bits per heavy atom. The maximum absolute atomic E-state index is 11.3. The Hall–Kier alpha value is -1.39. The molecule has 2 unspecified atom stereocenters. The standard InChI is InChI=1S/C11H16N2O2/c1-2-15-11(14)10(13)9(12)8-6-4-3-5-7-8/h3-7,9-10H,2,12-13H2,1H3. The lowest BCUT2D eigenvalue weighted by molar-refractivity contribution is -0.145. The van der Waals surface area contributed by atoms with E-state index < -0.39 is 18.1 Å². The minimum Gasteiger partial charge on any atom is -0.465 e. The predicted octanol–water partition coefficient (Wildman–Crippen LogP) is 0.577. The Bertz CT molecular complexity index is 314. The van der Waals surface area contributed by atoms with E-state index in [0.717, 1.165) is 5.56 Å². The zero-order valence-electron chi connectivity index (χ0n) is 8.72. The van der Waals surface area contributed by atoms with Crippen LogP contribution in [0.2, 0.25) is 0 Å². The average molecular weight is 208 g/mol. The zero-order valence-corrected chi connectivity index (χ0v) is 8.72. The number of nitrogens with two attached hydrogens (primary N) is 2. The second kappa shape index (κ2) is 5.48. The summed E-state index contributed by atoms with van der Waals surface area (Å²) in [7, 11) is 0. The molecule has 1 aromatic rings. The van der Waals surface area contributed by atoms with Crippen LogP contribution in [0.5, 0.6) is 0 Å². The van der Waals surface area contributed by atoms with Gasteiger partial charge in [-0.1, -0.05) is 30.3 Å². The molecule has 0 aromatic heterocycles. The van der Waals surface area contributed by atoms with Crippen LogP contribution in [0.3, 0.4) is 0 Å². The van der Waals surface area contributed by atoms with Crippen molar-refractivity contribution in [3.8, 4) is 0 Å². The highest BCUT2D eigenvalue weighted by molar-refractivity contribution is 5.76. The molecule has 0 aliphatic rings. The molecule has 0 aliphatic carbocycles. The molecule has 0 heterocycles. The van der Waals surface area contributed by atoms with Crippen LogP contribution in [0, 0.1) is 0 Å². The first kappa shape index (κ1) is 11.7. The van der Waals surface area contributed by atoms with Gasteiger partial charge in [0.15, 0.2) is 0 Å². The number of rotatable bonds is 4. The van der Waals surface area contributed by atoms with E-state index >= 15 is 0 Å². The van der Waals surface area contributed by atoms with Crippen LogP contribution >= 0.6 is 0 Å². The van der Waals surface area contributed by atoms with Crippen molar-refractivity contribution in [2.75, 3.05) is 6.61 Å². The van der Waals surface area contributed by atoms with E-state index in [4.69, 9.17) is 16.2 Å². The Morgan fingerprint density at radius 2 is 1.93 bits per heavy atom. The number of ether oxygens (including phenoxy) is 1. The predicted molar refractivity (Wildman–Crippen MR) is 58.0 cm³/mol. The van der Waals surface area contributed by atoms with Gasteiger partial charge in [-0.25, -0.2) is 0 Å². The molecule has 15 heavy (non-hydrogen) atoms. The van der Waals surface area contributed by atoms with Gasteiger partial charge >= 0.3 is 5.97 Å². The smallest absolute Gasteiger partial charge is 0.324 e. The second-order valence-electron chi connectivity index (χ2n) is 3.21. The van der Waals surface area contributed by atoms with Crippen molar-refractivity contribution in [3.63, 3.8) is 0 Å². The summed E-state index contributed by atoms with van der Waals surface area (Å²) in [5.41, 5.74) is 12.4. The van der Waals surface area contributed by atoms with Crippen molar-refractivity contribution in [2.45, 2.75) is 19.0 Å². The third kappa shape index (κ3) is 3.04. The Balaban J connectivity index is 2.68. The molecule has 82 valence electrons. The van der Waals surface area contributed by atoms with Crippen LogP contribution in [0.4, 0.5) is 0 Å². The highest BCUT2D eigenvalue weighted by Gasteiger charge is 2.23. The van der Waals surface area contributed by atoms with E-state index in [1.54, 1.807) is 6.92 Å². The van der Waals surface area contributed by atoms with Gasteiger partial charge in [0.2, 0.25) is 0 Å². The lowest BCUT2D eigenvalue weighted by atomic mass is 10.0. The number of hydrogen-bond acceptors (Lipinski definition) is 4. The summed E-state index contributed by atoms with van der Waals surface area (Å²) in [5.74, 6) is -0.464. The van der Waals surface area contributed by atoms with E-state index in [2.05, 4.69) is 0 Å². The number of carbonyl (C=O) groups is 1. The van der Waals surface area contributed by atoms with Crippen molar-refractivity contribution in [1.82, 2.24) is 0 Å². The molecule has 1 rings (SSSR count). The fourth-order valence-corrected chi connectivity index (χ4v) is 1.27. The fraction of sp³-hybridized carbons (Fsp3) is 0.364. The molecular weight excluding hydrogens is 192 g/mol. The summed E-state index contributed by atoms with van der Waals surface area (Å²) in [6, 6.07) is 7.93. The average Bonchev–Trinajstić information content (AvgIpc) is 2.28. The summed E-state index contributed by atoms with van der Waals surface area (Å²) in [6.07, 6.45) is 0. The largest absolute Gasteiger partial charge is 0.465 e. The molecule has 4 heteroatoms. The molecule has 0 aliphatic heterocycles. The van der Waals surface area contributed by atoms with Gasteiger partial charge in [0, 0.05) is 0 Å². The molecule has 0 saturated carbocycles. The van der Waals surface area contributed by atoms with Gasteiger partial charge in [-0.15, -0.1) is 0 Å². The van der Waals surface area contributed by atoms with Gasteiger partial charge in [-0.05, 0) is 12.5 Å². The first-order valence-corrected chi connectivity index (χ1v) is 4.89. The first-order chi connectivity index (χ1) is 7.16.